The van der Waals surface area contributed by atoms with Crippen molar-refractivity contribution in [1.82, 2.24) is 4.90 Å². The van der Waals surface area contributed by atoms with E-state index >= 15 is 0 Å². The van der Waals surface area contributed by atoms with Gasteiger partial charge in [-0.2, -0.15) is 0 Å². The molecule has 0 fully saturated rings. The van der Waals surface area contributed by atoms with Crippen molar-refractivity contribution in [3.63, 3.8) is 0 Å². The van der Waals surface area contributed by atoms with Gasteiger partial charge in [0.1, 0.15) is 11.5 Å². The van der Waals surface area contributed by atoms with Crippen molar-refractivity contribution in [2.24, 2.45) is 0 Å². The van der Waals surface area contributed by atoms with E-state index in [1.54, 1.807) is 55.8 Å². The number of hydrogen-bond acceptors (Lipinski definition) is 4. The fourth-order valence-corrected chi connectivity index (χ4v) is 2.37. The minimum atomic E-state index is -0.224. The average molecular weight is 323 g/mol. The van der Waals surface area contributed by atoms with Crippen LogP contribution in [0.2, 0.25) is 0 Å². The van der Waals surface area contributed by atoms with Crippen LogP contribution in [0.5, 0.6) is 0 Å². The van der Waals surface area contributed by atoms with E-state index in [1.165, 1.54) is 11.8 Å². The fraction of sp³-hybridized carbons (Fsp3) is 0.158. The van der Waals surface area contributed by atoms with Crippen molar-refractivity contribution in [3.05, 3.63) is 71.9 Å². The maximum atomic E-state index is 12.4. The molecule has 24 heavy (non-hydrogen) atoms. The summed E-state index contributed by atoms with van der Waals surface area (Å²) in [6, 6.07) is 14.1. The van der Waals surface area contributed by atoms with Crippen molar-refractivity contribution in [3.8, 4) is 11.3 Å². The van der Waals surface area contributed by atoms with Crippen LogP contribution in [-0.4, -0.2) is 23.6 Å². The Bertz CT molecular complexity index is 844. The van der Waals surface area contributed by atoms with Gasteiger partial charge < -0.3 is 13.7 Å². The van der Waals surface area contributed by atoms with Crippen molar-refractivity contribution in [1.29, 1.82) is 0 Å². The number of nitrogens with zero attached hydrogens (tertiary/aromatic N) is 1. The van der Waals surface area contributed by atoms with Crippen LogP contribution in [0.4, 0.5) is 0 Å². The molecule has 0 aliphatic heterocycles. The van der Waals surface area contributed by atoms with Crippen LogP contribution >= 0.6 is 0 Å². The number of amides is 1. The standard InChI is InChI=1S/C19H17NO4/c1-13(21)14-5-7-15(8-6-14)17-9-10-18(24-17)19(22)20(2)12-16-4-3-11-23-16/h3-11H,12H2,1-2H3. The maximum Gasteiger partial charge on any atom is 0.289 e. The van der Waals surface area contributed by atoms with Gasteiger partial charge in [0.2, 0.25) is 0 Å². The highest BCUT2D eigenvalue weighted by molar-refractivity contribution is 5.94. The van der Waals surface area contributed by atoms with Crippen LogP contribution in [0, 0.1) is 0 Å². The minimum absolute atomic E-state index is 0.0106. The number of carbonyl (C=O) groups is 2. The van der Waals surface area contributed by atoms with Gasteiger partial charge in [-0.25, -0.2) is 0 Å². The number of rotatable bonds is 5. The van der Waals surface area contributed by atoms with Gasteiger partial charge in [0.05, 0.1) is 12.8 Å². The van der Waals surface area contributed by atoms with Crippen LogP contribution in [0.15, 0.2) is 63.6 Å². The molecule has 1 amide bonds. The predicted molar refractivity (Wildman–Crippen MR) is 88.7 cm³/mol. The molecule has 0 bridgehead atoms. The topological polar surface area (TPSA) is 63.7 Å². The first kappa shape index (κ1) is 15.8. The molecular formula is C19H17NO4. The predicted octanol–water partition coefficient (Wildman–Crippen LogP) is 4.01. The van der Waals surface area contributed by atoms with Crippen LogP contribution in [0.1, 0.15) is 33.6 Å². The second-order valence-electron chi connectivity index (χ2n) is 5.54. The summed E-state index contributed by atoms with van der Waals surface area (Å²) in [6.45, 7) is 1.89. The van der Waals surface area contributed by atoms with E-state index in [2.05, 4.69) is 0 Å². The van der Waals surface area contributed by atoms with E-state index < -0.39 is 0 Å². The van der Waals surface area contributed by atoms with E-state index in [9.17, 15) is 9.59 Å². The molecule has 2 aromatic heterocycles. The first-order valence-corrected chi connectivity index (χ1v) is 7.53. The van der Waals surface area contributed by atoms with Crippen molar-refractivity contribution < 1.29 is 18.4 Å². The molecule has 1 aromatic carbocycles. The van der Waals surface area contributed by atoms with E-state index in [4.69, 9.17) is 8.83 Å². The SMILES string of the molecule is CC(=O)c1ccc(-c2ccc(C(=O)N(C)Cc3ccco3)o2)cc1. The van der Waals surface area contributed by atoms with Gasteiger partial charge in [0.15, 0.2) is 11.5 Å². The van der Waals surface area contributed by atoms with Gasteiger partial charge in [0, 0.05) is 18.2 Å². The molecular weight excluding hydrogens is 306 g/mol. The summed E-state index contributed by atoms with van der Waals surface area (Å²) in [5, 5.41) is 0. The summed E-state index contributed by atoms with van der Waals surface area (Å²) in [5.74, 6) is 1.33. The van der Waals surface area contributed by atoms with Crippen molar-refractivity contribution in [2.75, 3.05) is 7.05 Å². The van der Waals surface area contributed by atoms with Gasteiger partial charge in [-0.1, -0.05) is 24.3 Å². The van der Waals surface area contributed by atoms with Gasteiger partial charge in [-0.05, 0) is 31.2 Å². The van der Waals surface area contributed by atoms with E-state index in [1.807, 2.05) is 6.07 Å². The highest BCUT2D eigenvalue weighted by Gasteiger charge is 2.17. The molecule has 0 saturated heterocycles. The summed E-state index contributed by atoms with van der Waals surface area (Å²) in [7, 11) is 1.69. The molecule has 0 saturated carbocycles. The summed E-state index contributed by atoms with van der Waals surface area (Å²) in [5.41, 5.74) is 1.45. The lowest BCUT2D eigenvalue weighted by molar-refractivity contribution is 0.0744. The molecule has 2 heterocycles. The molecule has 0 aliphatic rings. The zero-order chi connectivity index (χ0) is 17.1. The Morgan fingerprint density at radius 1 is 1.04 bits per heavy atom. The molecule has 0 radical (unpaired) electrons. The summed E-state index contributed by atoms with van der Waals surface area (Å²) in [4.78, 5) is 25.2. The van der Waals surface area contributed by atoms with Gasteiger partial charge in [-0.3, -0.25) is 9.59 Å². The Hall–Kier alpha value is -3.08. The van der Waals surface area contributed by atoms with Crippen molar-refractivity contribution >= 4 is 11.7 Å². The van der Waals surface area contributed by atoms with Gasteiger partial charge in [-0.15, -0.1) is 0 Å². The molecule has 0 spiro atoms. The van der Waals surface area contributed by atoms with Crippen LogP contribution in [0.3, 0.4) is 0 Å². The number of furan rings is 2. The Balaban J connectivity index is 1.74. The molecule has 122 valence electrons. The van der Waals surface area contributed by atoms with E-state index in [0.717, 1.165) is 5.56 Å². The smallest absolute Gasteiger partial charge is 0.289 e. The first-order valence-electron chi connectivity index (χ1n) is 7.53. The third-order valence-corrected chi connectivity index (χ3v) is 3.71. The Morgan fingerprint density at radius 2 is 1.79 bits per heavy atom. The van der Waals surface area contributed by atoms with E-state index in [-0.39, 0.29) is 17.5 Å². The molecule has 3 rings (SSSR count). The van der Waals surface area contributed by atoms with Gasteiger partial charge >= 0.3 is 0 Å². The lowest BCUT2D eigenvalue weighted by Crippen LogP contribution is -2.25. The maximum absolute atomic E-state index is 12.4. The normalized spacial score (nSPS) is 10.6. The third kappa shape index (κ3) is 3.30. The summed E-state index contributed by atoms with van der Waals surface area (Å²) in [6.07, 6.45) is 1.57. The summed E-state index contributed by atoms with van der Waals surface area (Å²) < 4.78 is 10.9. The lowest BCUT2D eigenvalue weighted by Gasteiger charge is -2.13. The van der Waals surface area contributed by atoms with Crippen LogP contribution < -0.4 is 0 Å². The third-order valence-electron chi connectivity index (χ3n) is 3.71. The molecule has 0 N–H and O–H groups in total. The largest absolute Gasteiger partial charge is 0.467 e. The molecule has 0 aliphatic carbocycles. The first-order chi connectivity index (χ1) is 11.5. The zero-order valence-electron chi connectivity index (χ0n) is 13.5. The number of hydrogen-bond donors (Lipinski definition) is 0. The highest BCUT2D eigenvalue weighted by Crippen LogP contribution is 2.23. The molecule has 0 atom stereocenters. The summed E-state index contributed by atoms with van der Waals surface area (Å²) >= 11 is 0. The number of carbonyl (C=O) groups excluding carboxylic acids is 2. The molecule has 5 nitrogen and oxygen atoms in total. The van der Waals surface area contributed by atoms with Crippen LogP contribution in [0.25, 0.3) is 11.3 Å². The monoisotopic (exact) mass is 323 g/mol. The second kappa shape index (κ2) is 6.58. The average Bonchev–Trinajstić information content (AvgIpc) is 3.26. The lowest BCUT2D eigenvalue weighted by atomic mass is 10.1. The Morgan fingerprint density at radius 3 is 2.42 bits per heavy atom. The zero-order valence-corrected chi connectivity index (χ0v) is 13.5. The molecule has 3 aromatic rings. The van der Waals surface area contributed by atoms with Gasteiger partial charge in [0.25, 0.3) is 5.91 Å². The molecule has 5 heteroatoms. The second-order valence-corrected chi connectivity index (χ2v) is 5.54. The van der Waals surface area contributed by atoms with Crippen LogP contribution in [-0.2, 0) is 6.54 Å². The van der Waals surface area contributed by atoms with E-state index in [0.29, 0.717) is 23.6 Å². The fourth-order valence-electron chi connectivity index (χ4n) is 2.37. The van der Waals surface area contributed by atoms with Crippen molar-refractivity contribution in [2.45, 2.75) is 13.5 Å². The highest BCUT2D eigenvalue weighted by atomic mass is 16.4. The Labute approximate surface area is 139 Å². The number of benzene rings is 1. The number of Topliss-reactive ketones (excluding diaryl/α,β-unsaturated/α-hetero) is 1. The Kier molecular flexibility index (Phi) is 4.33. The minimum Gasteiger partial charge on any atom is -0.467 e. The molecule has 0 unspecified atom stereocenters. The quantitative estimate of drug-likeness (QED) is 0.665. The number of ketones is 1.